The molecule has 0 saturated carbocycles. The zero-order valence-corrected chi connectivity index (χ0v) is 11.7. The zero-order valence-electron chi connectivity index (χ0n) is 11.7. The van der Waals surface area contributed by atoms with Crippen LogP contribution in [0.25, 0.3) is 0 Å². The fourth-order valence-electron chi connectivity index (χ4n) is 2.52. The average molecular weight is 291 g/mol. The van der Waals surface area contributed by atoms with E-state index < -0.39 is 11.7 Å². The molecule has 1 heterocycles. The standard InChI is InChI=1S/C16H18FNO3/c17-15-10-12(4-3-9-19)6-7-14(15)16(21)18-8-2-1-5-13(18)11-20/h6-7,10,13,19-20H,1-2,5,8-9,11H2. The van der Waals surface area contributed by atoms with Gasteiger partial charge in [0.2, 0.25) is 0 Å². The number of aliphatic hydroxyl groups is 2. The van der Waals surface area contributed by atoms with E-state index in [4.69, 9.17) is 5.11 Å². The monoisotopic (exact) mass is 291 g/mol. The molecule has 1 aliphatic heterocycles. The van der Waals surface area contributed by atoms with Crippen molar-refractivity contribution in [2.24, 2.45) is 0 Å². The maximum Gasteiger partial charge on any atom is 0.257 e. The summed E-state index contributed by atoms with van der Waals surface area (Å²) in [5, 5.41) is 18.0. The van der Waals surface area contributed by atoms with Crippen molar-refractivity contribution in [2.45, 2.75) is 25.3 Å². The molecule has 1 atom stereocenters. The molecule has 1 fully saturated rings. The number of hydrogen-bond acceptors (Lipinski definition) is 3. The number of carbonyl (C=O) groups is 1. The largest absolute Gasteiger partial charge is 0.394 e. The molecular formula is C16H18FNO3. The number of rotatable bonds is 2. The highest BCUT2D eigenvalue weighted by Crippen LogP contribution is 2.21. The number of aliphatic hydroxyl groups excluding tert-OH is 2. The molecule has 112 valence electrons. The van der Waals surface area contributed by atoms with Crippen molar-refractivity contribution < 1.29 is 19.4 Å². The van der Waals surface area contributed by atoms with Crippen molar-refractivity contribution in [3.05, 3.63) is 35.1 Å². The van der Waals surface area contributed by atoms with Gasteiger partial charge in [-0.2, -0.15) is 0 Å². The molecule has 1 aromatic rings. The van der Waals surface area contributed by atoms with E-state index in [2.05, 4.69) is 11.8 Å². The van der Waals surface area contributed by atoms with Crippen molar-refractivity contribution in [3.8, 4) is 11.8 Å². The van der Waals surface area contributed by atoms with E-state index in [0.29, 0.717) is 12.1 Å². The second-order valence-corrected chi connectivity index (χ2v) is 4.99. The molecule has 0 aromatic heterocycles. The molecule has 1 unspecified atom stereocenters. The predicted octanol–water partition coefficient (Wildman–Crippen LogP) is 1.16. The lowest BCUT2D eigenvalue weighted by atomic mass is 10.0. The van der Waals surface area contributed by atoms with Crippen molar-refractivity contribution in [1.82, 2.24) is 4.90 Å². The van der Waals surface area contributed by atoms with Gasteiger partial charge in [0.05, 0.1) is 18.2 Å². The van der Waals surface area contributed by atoms with Gasteiger partial charge < -0.3 is 15.1 Å². The Labute approximate surface area is 123 Å². The summed E-state index contributed by atoms with van der Waals surface area (Å²) in [4.78, 5) is 14.0. The van der Waals surface area contributed by atoms with Crippen molar-refractivity contribution >= 4 is 5.91 Å². The van der Waals surface area contributed by atoms with Crippen LogP contribution in [0.5, 0.6) is 0 Å². The Hall–Kier alpha value is -1.90. The van der Waals surface area contributed by atoms with Crippen molar-refractivity contribution in [3.63, 3.8) is 0 Å². The number of piperidine rings is 1. The Balaban J connectivity index is 2.22. The van der Waals surface area contributed by atoms with Gasteiger partial charge in [0.15, 0.2) is 0 Å². The smallest absolute Gasteiger partial charge is 0.257 e. The number of amides is 1. The van der Waals surface area contributed by atoms with E-state index in [1.165, 1.54) is 12.1 Å². The van der Waals surface area contributed by atoms with Crippen LogP contribution in [0.1, 0.15) is 35.2 Å². The highest BCUT2D eigenvalue weighted by atomic mass is 19.1. The van der Waals surface area contributed by atoms with Gasteiger partial charge in [-0.1, -0.05) is 11.8 Å². The first-order valence-corrected chi connectivity index (χ1v) is 6.98. The van der Waals surface area contributed by atoms with Crippen LogP contribution < -0.4 is 0 Å². The first kappa shape index (κ1) is 15.5. The Morgan fingerprint density at radius 2 is 2.19 bits per heavy atom. The minimum Gasteiger partial charge on any atom is -0.394 e. The Morgan fingerprint density at radius 3 is 2.86 bits per heavy atom. The van der Waals surface area contributed by atoms with E-state index in [-0.39, 0.29) is 24.8 Å². The van der Waals surface area contributed by atoms with Gasteiger partial charge in [0.1, 0.15) is 12.4 Å². The highest BCUT2D eigenvalue weighted by molar-refractivity contribution is 5.95. The molecule has 1 aromatic carbocycles. The van der Waals surface area contributed by atoms with E-state index in [9.17, 15) is 14.3 Å². The lowest BCUT2D eigenvalue weighted by Crippen LogP contribution is -2.45. The zero-order chi connectivity index (χ0) is 15.2. The molecule has 1 aliphatic rings. The predicted molar refractivity (Wildman–Crippen MR) is 76.1 cm³/mol. The minimum atomic E-state index is -0.632. The summed E-state index contributed by atoms with van der Waals surface area (Å²) in [6.45, 7) is 0.136. The van der Waals surface area contributed by atoms with Crippen LogP contribution in [0, 0.1) is 17.7 Å². The fraction of sp³-hybridized carbons (Fsp3) is 0.438. The molecule has 2 N–H and O–H groups in total. The third kappa shape index (κ3) is 3.60. The summed E-state index contributed by atoms with van der Waals surface area (Å²) < 4.78 is 14.1. The van der Waals surface area contributed by atoms with E-state index in [1.54, 1.807) is 11.0 Å². The Kier molecular flexibility index (Phi) is 5.32. The van der Waals surface area contributed by atoms with Crippen LogP contribution in [0.15, 0.2) is 18.2 Å². The third-order valence-electron chi connectivity index (χ3n) is 3.61. The summed E-state index contributed by atoms with van der Waals surface area (Å²) in [6.07, 6.45) is 2.57. The molecule has 4 nitrogen and oxygen atoms in total. The number of nitrogens with zero attached hydrogens (tertiary/aromatic N) is 1. The van der Waals surface area contributed by atoms with Gasteiger partial charge >= 0.3 is 0 Å². The molecule has 1 amide bonds. The lowest BCUT2D eigenvalue weighted by Gasteiger charge is -2.34. The quantitative estimate of drug-likeness (QED) is 0.804. The second kappa shape index (κ2) is 7.21. The highest BCUT2D eigenvalue weighted by Gasteiger charge is 2.28. The summed E-state index contributed by atoms with van der Waals surface area (Å²) >= 11 is 0. The first-order chi connectivity index (χ1) is 10.2. The summed E-state index contributed by atoms with van der Waals surface area (Å²) in [5.41, 5.74) is 0.403. The van der Waals surface area contributed by atoms with E-state index in [0.717, 1.165) is 19.3 Å². The SMILES string of the molecule is O=C(c1ccc(C#CCO)cc1F)N1CCCCC1CO. The van der Waals surface area contributed by atoms with Crippen molar-refractivity contribution in [1.29, 1.82) is 0 Å². The molecule has 0 aliphatic carbocycles. The summed E-state index contributed by atoms with van der Waals surface area (Å²) in [5.74, 6) is 4.00. The van der Waals surface area contributed by atoms with Gasteiger partial charge in [-0.15, -0.1) is 0 Å². The third-order valence-corrected chi connectivity index (χ3v) is 3.61. The maximum absolute atomic E-state index is 14.1. The molecule has 0 spiro atoms. The summed E-state index contributed by atoms with van der Waals surface area (Å²) in [6, 6.07) is 3.91. The molecular weight excluding hydrogens is 273 g/mol. The number of halogens is 1. The maximum atomic E-state index is 14.1. The molecule has 1 saturated heterocycles. The molecule has 0 radical (unpaired) electrons. The average Bonchev–Trinajstić information content (AvgIpc) is 2.52. The number of benzene rings is 1. The Morgan fingerprint density at radius 1 is 1.38 bits per heavy atom. The van der Waals surface area contributed by atoms with Gasteiger partial charge in [0.25, 0.3) is 5.91 Å². The van der Waals surface area contributed by atoms with Crippen LogP contribution in [-0.2, 0) is 0 Å². The minimum absolute atomic E-state index is 0.00935. The van der Waals surface area contributed by atoms with Crippen LogP contribution in [-0.4, -0.2) is 46.8 Å². The fourth-order valence-corrected chi connectivity index (χ4v) is 2.52. The first-order valence-electron chi connectivity index (χ1n) is 6.98. The topological polar surface area (TPSA) is 60.8 Å². The van der Waals surface area contributed by atoms with Crippen LogP contribution >= 0.6 is 0 Å². The lowest BCUT2D eigenvalue weighted by molar-refractivity contribution is 0.0498. The van der Waals surface area contributed by atoms with Crippen LogP contribution in [0.3, 0.4) is 0 Å². The molecule has 5 heteroatoms. The normalized spacial score (nSPS) is 18.0. The number of likely N-dealkylation sites (tertiary alicyclic amines) is 1. The van der Waals surface area contributed by atoms with Crippen LogP contribution in [0.2, 0.25) is 0 Å². The number of hydrogen-bond donors (Lipinski definition) is 2. The molecule has 2 rings (SSSR count). The summed E-state index contributed by atoms with van der Waals surface area (Å²) in [7, 11) is 0. The second-order valence-electron chi connectivity index (χ2n) is 4.99. The van der Waals surface area contributed by atoms with E-state index >= 15 is 0 Å². The van der Waals surface area contributed by atoms with Gasteiger partial charge in [0, 0.05) is 12.1 Å². The van der Waals surface area contributed by atoms with Gasteiger partial charge in [-0.3, -0.25) is 4.79 Å². The van der Waals surface area contributed by atoms with Crippen molar-refractivity contribution in [2.75, 3.05) is 19.8 Å². The van der Waals surface area contributed by atoms with Gasteiger partial charge in [-0.25, -0.2) is 4.39 Å². The van der Waals surface area contributed by atoms with Gasteiger partial charge in [-0.05, 0) is 37.5 Å². The molecule has 0 bridgehead atoms. The Bertz CT molecular complexity index is 577. The number of carbonyl (C=O) groups excluding carboxylic acids is 1. The van der Waals surface area contributed by atoms with E-state index in [1.807, 2.05) is 0 Å². The molecule has 21 heavy (non-hydrogen) atoms. The van der Waals surface area contributed by atoms with Crippen LogP contribution in [0.4, 0.5) is 4.39 Å².